The van der Waals surface area contributed by atoms with Gasteiger partial charge in [-0.1, -0.05) is 24.6 Å². The molecule has 0 amide bonds. The second-order valence-electron chi connectivity index (χ2n) is 3.69. The lowest BCUT2D eigenvalue weighted by molar-refractivity contribution is -0.139. The Labute approximate surface area is 97.5 Å². The van der Waals surface area contributed by atoms with Gasteiger partial charge in [0.25, 0.3) is 0 Å². The molecule has 0 heterocycles. The summed E-state index contributed by atoms with van der Waals surface area (Å²) in [5, 5.41) is 18.6. The van der Waals surface area contributed by atoms with Crippen LogP contribution in [0.25, 0.3) is 0 Å². The lowest BCUT2D eigenvalue weighted by Crippen LogP contribution is -2.14. The zero-order valence-corrected chi connectivity index (χ0v) is 9.41. The van der Waals surface area contributed by atoms with E-state index >= 15 is 0 Å². The SMILES string of the molecule is CC(CC(=O)O)C(O)c1ccc(Cl)cc1F. The summed E-state index contributed by atoms with van der Waals surface area (Å²) < 4.78 is 13.4. The van der Waals surface area contributed by atoms with Crippen LogP contribution in [-0.4, -0.2) is 16.2 Å². The van der Waals surface area contributed by atoms with Gasteiger partial charge in [-0.3, -0.25) is 4.79 Å². The summed E-state index contributed by atoms with van der Waals surface area (Å²) in [5.41, 5.74) is 0.0677. The average Bonchev–Trinajstić information content (AvgIpc) is 2.15. The average molecular weight is 247 g/mol. The first kappa shape index (κ1) is 12.9. The van der Waals surface area contributed by atoms with Crippen molar-refractivity contribution < 1.29 is 19.4 Å². The Kier molecular flexibility index (Phi) is 4.26. The van der Waals surface area contributed by atoms with Crippen LogP contribution < -0.4 is 0 Å². The fourth-order valence-corrected chi connectivity index (χ4v) is 1.59. The third kappa shape index (κ3) is 3.18. The van der Waals surface area contributed by atoms with Crippen LogP contribution in [-0.2, 0) is 4.79 Å². The largest absolute Gasteiger partial charge is 0.481 e. The standard InChI is InChI=1S/C11H12ClFO3/c1-6(4-10(14)15)11(16)8-3-2-7(12)5-9(8)13/h2-3,5-6,11,16H,4H2,1H3,(H,14,15). The van der Waals surface area contributed by atoms with Crippen LogP contribution in [0, 0.1) is 11.7 Å². The first-order valence-corrected chi connectivity index (χ1v) is 5.14. The van der Waals surface area contributed by atoms with Crippen LogP contribution >= 0.6 is 11.6 Å². The highest BCUT2D eigenvalue weighted by atomic mass is 35.5. The van der Waals surface area contributed by atoms with Crippen LogP contribution in [0.2, 0.25) is 5.02 Å². The second-order valence-corrected chi connectivity index (χ2v) is 4.12. The molecule has 0 saturated heterocycles. The Morgan fingerprint density at radius 3 is 2.69 bits per heavy atom. The lowest BCUT2D eigenvalue weighted by Gasteiger charge is -2.18. The summed E-state index contributed by atoms with van der Waals surface area (Å²) in [4.78, 5) is 10.5. The van der Waals surface area contributed by atoms with Gasteiger partial charge >= 0.3 is 5.97 Å². The Hall–Kier alpha value is -1.13. The second kappa shape index (κ2) is 5.27. The molecule has 16 heavy (non-hydrogen) atoms. The number of aliphatic hydroxyl groups is 1. The number of carboxylic acids is 1. The number of halogens is 2. The third-order valence-electron chi connectivity index (χ3n) is 2.32. The third-order valence-corrected chi connectivity index (χ3v) is 2.55. The van der Waals surface area contributed by atoms with Gasteiger partial charge in [0, 0.05) is 10.6 Å². The number of aliphatic hydroxyl groups excluding tert-OH is 1. The van der Waals surface area contributed by atoms with Gasteiger partial charge in [0.2, 0.25) is 0 Å². The number of carboxylic acid groups (broad SMARTS) is 1. The van der Waals surface area contributed by atoms with E-state index in [2.05, 4.69) is 0 Å². The van der Waals surface area contributed by atoms with Gasteiger partial charge < -0.3 is 10.2 Å². The molecule has 0 fully saturated rings. The molecule has 88 valence electrons. The zero-order valence-electron chi connectivity index (χ0n) is 8.65. The summed E-state index contributed by atoms with van der Waals surface area (Å²) in [6.45, 7) is 1.55. The van der Waals surface area contributed by atoms with E-state index in [1.54, 1.807) is 6.92 Å². The van der Waals surface area contributed by atoms with E-state index in [-0.39, 0.29) is 17.0 Å². The maximum absolute atomic E-state index is 13.4. The highest BCUT2D eigenvalue weighted by Crippen LogP contribution is 2.27. The van der Waals surface area contributed by atoms with Crippen LogP contribution in [0.5, 0.6) is 0 Å². The highest BCUT2D eigenvalue weighted by Gasteiger charge is 2.21. The van der Waals surface area contributed by atoms with Gasteiger partial charge in [0.1, 0.15) is 5.82 Å². The van der Waals surface area contributed by atoms with Gasteiger partial charge in [0.15, 0.2) is 0 Å². The highest BCUT2D eigenvalue weighted by molar-refractivity contribution is 6.30. The van der Waals surface area contributed by atoms with E-state index in [1.807, 2.05) is 0 Å². The summed E-state index contributed by atoms with van der Waals surface area (Å²) in [7, 11) is 0. The zero-order chi connectivity index (χ0) is 12.3. The first-order chi connectivity index (χ1) is 7.41. The van der Waals surface area contributed by atoms with Gasteiger partial charge in [-0.15, -0.1) is 0 Å². The predicted octanol–water partition coefficient (Wildman–Crippen LogP) is 2.62. The topological polar surface area (TPSA) is 57.5 Å². The molecular weight excluding hydrogens is 235 g/mol. The molecule has 2 atom stereocenters. The molecule has 0 aliphatic rings. The summed E-state index contributed by atoms with van der Waals surface area (Å²) in [6, 6.07) is 3.91. The Balaban J connectivity index is 2.87. The number of benzene rings is 1. The van der Waals surface area contributed by atoms with E-state index in [0.29, 0.717) is 0 Å². The maximum Gasteiger partial charge on any atom is 0.303 e. The van der Waals surface area contributed by atoms with Crippen LogP contribution in [0.4, 0.5) is 4.39 Å². The van der Waals surface area contributed by atoms with Crippen molar-refractivity contribution in [1.29, 1.82) is 0 Å². The van der Waals surface area contributed by atoms with E-state index in [4.69, 9.17) is 16.7 Å². The van der Waals surface area contributed by atoms with Crippen molar-refractivity contribution in [3.05, 3.63) is 34.6 Å². The fraction of sp³-hybridized carbons (Fsp3) is 0.364. The molecular formula is C11H12ClFO3. The van der Waals surface area contributed by atoms with Crippen LogP contribution in [0.15, 0.2) is 18.2 Å². The van der Waals surface area contributed by atoms with Crippen molar-refractivity contribution in [2.24, 2.45) is 5.92 Å². The van der Waals surface area contributed by atoms with Gasteiger partial charge in [0.05, 0.1) is 12.5 Å². The smallest absolute Gasteiger partial charge is 0.303 e. The van der Waals surface area contributed by atoms with E-state index < -0.39 is 23.8 Å². The van der Waals surface area contributed by atoms with Crippen molar-refractivity contribution in [2.75, 3.05) is 0 Å². The number of rotatable bonds is 4. The van der Waals surface area contributed by atoms with Crippen LogP contribution in [0.3, 0.4) is 0 Å². The maximum atomic E-state index is 13.4. The molecule has 1 aromatic carbocycles. The summed E-state index contributed by atoms with van der Waals surface area (Å²) in [6.07, 6.45) is -1.36. The Bertz CT molecular complexity index is 395. The number of carbonyl (C=O) groups is 1. The first-order valence-electron chi connectivity index (χ1n) is 4.76. The van der Waals surface area contributed by atoms with E-state index in [9.17, 15) is 14.3 Å². The monoisotopic (exact) mass is 246 g/mol. The summed E-state index contributed by atoms with van der Waals surface area (Å²) >= 11 is 5.57. The quantitative estimate of drug-likeness (QED) is 0.859. The minimum atomic E-state index is -1.15. The van der Waals surface area contributed by atoms with Gasteiger partial charge in [-0.05, 0) is 18.1 Å². The van der Waals surface area contributed by atoms with Crippen molar-refractivity contribution in [3.63, 3.8) is 0 Å². The number of aliphatic carboxylic acids is 1. The number of hydrogen-bond donors (Lipinski definition) is 2. The lowest BCUT2D eigenvalue weighted by atomic mass is 9.94. The van der Waals surface area contributed by atoms with Gasteiger partial charge in [-0.25, -0.2) is 4.39 Å². The molecule has 0 radical (unpaired) electrons. The predicted molar refractivity (Wildman–Crippen MR) is 57.8 cm³/mol. The Morgan fingerprint density at radius 1 is 1.56 bits per heavy atom. The van der Waals surface area contributed by atoms with E-state index in [1.165, 1.54) is 12.1 Å². The number of hydrogen-bond acceptors (Lipinski definition) is 2. The normalized spacial score (nSPS) is 14.5. The molecule has 2 N–H and O–H groups in total. The molecule has 5 heteroatoms. The van der Waals surface area contributed by atoms with Crippen molar-refractivity contribution in [1.82, 2.24) is 0 Å². The molecule has 0 aromatic heterocycles. The van der Waals surface area contributed by atoms with E-state index in [0.717, 1.165) is 6.07 Å². The van der Waals surface area contributed by atoms with Crippen molar-refractivity contribution >= 4 is 17.6 Å². The minimum absolute atomic E-state index is 0.0677. The minimum Gasteiger partial charge on any atom is -0.481 e. The van der Waals surface area contributed by atoms with Crippen molar-refractivity contribution in [2.45, 2.75) is 19.4 Å². The molecule has 2 unspecified atom stereocenters. The Morgan fingerprint density at radius 2 is 2.19 bits per heavy atom. The molecule has 1 rings (SSSR count). The molecule has 0 aliphatic carbocycles. The molecule has 1 aromatic rings. The molecule has 0 spiro atoms. The fourth-order valence-electron chi connectivity index (χ4n) is 1.43. The van der Waals surface area contributed by atoms with Crippen LogP contribution in [0.1, 0.15) is 25.0 Å². The molecule has 3 nitrogen and oxygen atoms in total. The molecule has 0 bridgehead atoms. The molecule has 0 saturated carbocycles. The molecule has 0 aliphatic heterocycles. The van der Waals surface area contributed by atoms with Crippen molar-refractivity contribution in [3.8, 4) is 0 Å². The van der Waals surface area contributed by atoms with Gasteiger partial charge in [-0.2, -0.15) is 0 Å². The summed E-state index contributed by atoms with van der Waals surface area (Å²) in [5.74, 6) is -2.22.